The fourth-order valence-corrected chi connectivity index (χ4v) is 2.73. The van der Waals surface area contributed by atoms with Crippen molar-refractivity contribution in [3.05, 3.63) is 42.0 Å². The molecular formula is C14H18N4. The molecule has 1 aromatic carbocycles. The normalized spacial score (nSPS) is 17.4. The van der Waals surface area contributed by atoms with Crippen LogP contribution in [0.25, 0.3) is 0 Å². The molecule has 0 spiro atoms. The van der Waals surface area contributed by atoms with E-state index < -0.39 is 0 Å². The number of nitrogens with two attached hydrogens (primary N) is 1. The minimum absolute atomic E-state index is 0.328. The second-order valence-corrected chi connectivity index (χ2v) is 5.14. The van der Waals surface area contributed by atoms with E-state index in [0.717, 1.165) is 11.5 Å². The quantitative estimate of drug-likeness (QED) is 0.840. The standard InChI is InChI=1S/C14H18N4/c1-18-9-16-17-14(18)13(10-4-2-5-10)11-6-3-7-12(15)8-11/h3,6-10,13H,2,4-5,15H2,1H3/t13-/m0/s1. The molecule has 3 rings (SSSR count). The summed E-state index contributed by atoms with van der Waals surface area (Å²) in [5.41, 5.74) is 7.98. The number of aromatic nitrogens is 3. The van der Waals surface area contributed by atoms with Crippen molar-refractivity contribution < 1.29 is 0 Å². The van der Waals surface area contributed by atoms with Gasteiger partial charge < -0.3 is 10.3 Å². The van der Waals surface area contributed by atoms with Gasteiger partial charge in [-0.2, -0.15) is 0 Å². The van der Waals surface area contributed by atoms with Gasteiger partial charge in [0.1, 0.15) is 12.2 Å². The highest BCUT2D eigenvalue weighted by Gasteiger charge is 2.32. The van der Waals surface area contributed by atoms with Crippen LogP contribution >= 0.6 is 0 Å². The van der Waals surface area contributed by atoms with Crippen molar-refractivity contribution in [2.45, 2.75) is 25.2 Å². The number of nitrogen functional groups attached to an aromatic ring is 1. The summed E-state index contributed by atoms with van der Waals surface area (Å²) in [5.74, 6) is 2.05. The third-order valence-electron chi connectivity index (χ3n) is 3.92. The lowest BCUT2D eigenvalue weighted by molar-refractivity contribution is 0.274. The average Bonchev–Trinajstić information content (AvgIpc) is 2.69. The van der Waals surface area contributed by atoms with E-state index in [9.17, 15) is 0 Å². The van der Waals surface area contributed by atoms with Gasteiger partial charge in [0, 0.05) is 18.7 Å². The Hall–Kier alpha value is -1.84. The Morgan fingerprint density at radius 1 is 1.39 bits per heavy atom. The minimum Gasteiger partial charge on any atom is -0.399 e. The van der Waals surface area contributed by atoms with Crippen LogP contribution in [0.1, 0.15) is 36.6 Å². The van der Waals surface area contributed by atoms with E-state index in [1.165, 1.54) is 24.8 Å². The zero-order valence-corrected chi connectivity index (χ0v) is 10.6. The highest BCUT2D eigenvalue weighted by atomic mass is 15.2. The SMILES string of the molecule is Cn1cnnc1[C@H](c1cccc(N)c1)C1CCC1. The minimum atomic E-state index is 0.328. The maximum Gasteiger partial charge on any atom is 0.140 e. The molecule has 4 nitrogen and oxygen atoms in total. The van der Waals surface area contributed by atoms with Crippen molar-refractivity contribution in [3.63, 3.8) is 0 Å². The molecule has 0 aliphatic heterocycles. The number of aryl methyl sites for hydroxylation is 1. The number of hydrogen-bond acceptors (Lipinski definition) is 3. The molecule has 94 valence electrons. The molecule has 0 amide bonds. The fourth-order valence-electron chi connectivity index (χ4n) is 2.73. The van der Waals surface area contributed by atoms with Gasteiger partial charge in [-0.05, 0) is 36.5 Å². The molecule has 0 saturated heterocycles. The van der Waals surface area contributed by atoms with Crippen LogP contribution in [0.5, 0.6) is 0 Å². The van der Waals surface area contributed by atoms with Crippen LogP contribution in [0.2, 0.25) is 0 Å². The summed E-state index contributed by atoms with van der Waals surface area (Å²) in [6.45, 7) is 0. The zero-order valence-electron chi connectivity index (χ0n) is 10.6. The Balaban J connectivity index is 2.03. The molecular weight excluding hydrogens is 224 g/mol. The summed E-state index contributed by atoms with van der Waals surface area (Å²) in [6, 6.07) is 8.16. The van der Waals surface area contributed by atoms with E-state index in [1.54, 1.807) is 6.33 Å². The summed E-state index contributed by atoms with van der Waals surface area (Å²) >= 11 is 0. The smallest absolute Gasteiger partial charge is 0.140 e. The van der Waals surface area contributed by atoms with Crippen molar-refractivity contribution >= 4 is 5.69 Å². The molecule has 1 aromatic heterocycles. The maximum atomic E-state index is 5.90. The van der Waals surface area contributed by atoms with E-state index in [-0.39, 0.29) is 0 Å². The molecule has 2 N–H and O–H groups in total. The molecule has 1 heterocycles. The van der Waals surface area contributed by atoms with Crippen LogP contribution in [-0.2, 0) is 7.05 Å². The number of hydrogen-bond donors (Lipinski definition) is 1. The number of anilines is 1. The third-order valence-corrected chi connectivity index (χ3v) is 3.92. The van der Waals surface area contributed by atoms with E-state index in [4.69, 9.17) is 5.73 Å². The lowest BCUT2D eigenvalue weighted by atomic mass is 9.72. The third kappa shape index (κ3) is 1.88. The van der Waals surface area contributed by atoms with Gasteiger partial charge in [0.25, 0.3) is 0 Å². The van der Waals surface area contributed by atoms with Crippen LogP contribution < -0.4 is 5.73 Å². The first-order valence-corrected chi connectivity index (χ1v) is 6.45. The van der Waals surface area contributed by atoms with Gasteiger partial charge in [0.05, 0.1) is 0 Å². The van der Waals surface area contributed by atoms with Gasteiger partial charge in [0.2, 0.25) is 0 Å². The first-order valence-electron chi connectivity index (χ1n) is 6.45. The van der Waals surface area contributed by atoms with Gasteiger partial charge in [-0.3, -0.25) is 0 Å². The van der Waals surface area contributed by atoms with E-state index >= 15 is 0 Å². The monoisotopic (exact) mass is 242 g/mol. The van der Waals surface area contributed by atoms with Crippen LogP contribution in [0, 0.1) is 5.92 Å². The number of nitrogens with zero attached hydrogens (tertiary/aromatic N) is 3. The van der Waals surface area contributed by atoms with Crippen molar-refractivity contribution in [1.29, 1.82) is 0 Å². The molecule has 1 saturated carbocycles. The Morgan fingerprint density at radius 3 is 2.78 bits per heavy atom. The van der Waals surface area contributed by atoms with Crippen molar-refractivity contribution in [1.82, 2.24) is 14.8 Å². The van der Waals surface area contributed by atoms with E-state index in [1.807, 2.05) is 23.7 Å². The number of benzene rings is 1. The van der Waals surface area contributed by atoms with Gasteiger partial charge in [-0.15, -0.1) is 10.2 Å². The highest BCUT2D eigenvalue weighted by Crippen LogP contribution is 2.42. The molecule has 0 unspecified atom stereocenters. The molecule has 18 heavy (non-hydrogen) atoms. The van der Waals surface area contributed by atoms with Crippen molar-refractivity contribution in [3.8, 4) is 0 Å². The Morgan fingerprint density at radius 2 is 2.22 bits per heavy atom. The fraction of sp³-hybridized carbons (Fsp3) is 0.429. The van der Waals surface area contributed by atoms with Gasteiger partial charge in [-0.1, -0.05) is 18.6 Å². The van der Waals surface area contributed by atoms with Crippen LogP contribution in [0.3, 0.4) is 0 Å². The largest absolute Gasteiger partial charge is 0.399 e. The second-order valence-electron chi connectivity index (χ2n) is 5.14. The Kier molecular flexibility index (Phi) is 2.78. The summed E-state index contributed by atoms with van der Waals surface area (Å²) < 4.78 is 2.02. The predicted molar refractivity (Wildman–Crippen MR) is 71.0 cm³/mol. The van der Waals surface area contributed by atoms with Gasteiger partial charge in [-0.25, -0.2) is 0 Å². The molecule has 4 heteroatoms. The van der Waals surface area contributed by atoms with Gasteiger partial charge in [0.15, 0.2) is 0 Å². The summed E-state index contributed by atoms with van der Waals surface area (Å²) in [6.07, 6.45) is 5.63. The van der Waals surface area contributed by atoms with Crippen LogP contribution in [0.4, 0.5) is 5.69 Å². The lowest BCUT2D eigenvalue weighted by Crippen LogP contribution is -2.24. The first kappa shape index (κ1) is 11.3. The summed E-state index contributed by atoms with van der Waals surface area (Å²) in [4.78, 5) is 0. The second kappa shape index (κ2) is 4.44. The molecule has 1 aliphatic rings. The van der Waals surface area contributed by atoms with Crippen molar-refractivity contribution in [2.24, 2.45) is 13.0 Å². The van der Waals surface area contributed by atoms with Crippen molar-refractivity contribution in [2.75, 3.05) is 5.73 Å². The molecule has 0 radical (unpaired) electrons. The van der Waals surface area contributed by atoms with E-state index in [2.05, 4.69) is 22.3 Å². The predicted octanol–water partition coefficient (Wildman–Crippen LogP) is 2.33. The average molecular weight is 242 g/mol. The van der Waals surface area contributed by atoms with Crippen LogP contribution in [-0.4, -0.2) is 14.8 Å². The molecule has 1 atom stereocenters. The molecule has 0 bridgehead atoms. The number of rotatable bonds is 3. The Bertz CT molecular complexity index is 542. The lowest BCUT2D eigenvalue weighted by Gasteiger charge is -2.33. The van der Waals surface area contributed by atoms with Crippen LogP contribution in [0.15, 0.2) is 30.6 Å². The topological polar surface area (TPSA) is 56.7 Å². The maximum absolute atomic E-state index is 5.90. The van der Waals surface area contributed by atoms with Gasteiger partial charge >= 0.3 is 0 Å². The molecule has 2 aromatic rings. The first-order chi connectivity index (χ1) is 8.75. The summed E-state index contributed by atoms with van der Waals surface area (Å²) in [5, 5.41) is 8.31. The zero-order chi connectivity index (χ0) is 12.5. The highest BCUT2D eigenvalue weighted by molar-refractivity contribution is 5.43. The molecule has 1 aliphatic carbocycles. The molecule has 1 fully saturated rings. The van der Waals surface area contributed by atoms with E-state index in [0.29, 0.717) is 11.8 Å². The Labute approximate surface area is 107 Å². The summed E-state index contributed by atoms with van der Waals surface area (Å²) in [7, 11) is 2.01.